The minimum absolute atomic E-state index is 0.152. The second kappa shape index (κ2) is 7.94. The first-order valence-corrected chi connectivity index (χ1v) is 8.55. The van der Waals surface area contributed by atoms with Gasteiger partial charge in [0.2, 0.25) is 0 Å². The van der Waals surface area contributed by atoms with Crippen LogP contribution in [0, 0.1) is 0 Å². The first kappa shape index (κ1) is 17.2. The van der Waals surface area contributed by atoms with E-state index >= 15 is 0 Å². The third-order valence-electron chi connectivity index (χ3n) is 4.62. The monoisotopic (exact) mass is 337 g/mol. The highest BCUT2D eigenvalue weighted by Crippen LogP contribution is 2.29. The molecule has 5 heteroatoms. The molecule has 1 aliphatic rings. The van der Waals surface area contributed by atoms with E-state index in [2.05, 4.69) is 58.7 Å². The van der Waals surface area contributed by atoms with Crippen molar-refractivity contribution in [3.63, 3.8) is 0 Å². The molecule has 1 heterocycles. The van der Waals surface area contributed by atoms with E-state index in [-0.39, 0.29) is 6.04 Å². The summed E-state index contributed by atoms with van der Waals surface area (Å²) in [7, 11) is 1.48. The van der Waals surface area contributed by atoms with Crippen LogP contribution in [-0.2, 0) is 9.59 Å². The first-order valence-electron chi connectivity index (χ1n) is 8.55. The van der Waals surface area contributed by atoms with E-state index in [0.717, 1.165) is 13.1 Å². The first-order chi connectivity index (χ1) is 12.2. The molecule has 1 fully saturated rings. The Morgan fingerprint density at radius 3 is 1.76 bits per heavy atom. The Morgan fingerprint density at radius 2 is 1.32 bits per heavy atom. The van der Waals surface area contributed by atoms with Gasteiger partial charge in [-0.25, -0.2) is 0 Å². The zero-order valence-electron chi connectivity index (χ0n) is 14.4. The smallest absolute Gasteiger partial charge is 0.311 e. The summed E-state index contributed by atoms with van der Waals surface area (Å²) in [5, 5.41) is 2.40. The number of likely N-dealkylation sites (N-methyl/N-ethyl adjacent to an activating group) is 1. The van der Waals surface area contributed by atoms with E-state index in [1.54, 1.807) is 4.90 Å². The molecule has 2 aromatic carbocycles. The zero-order valence-corrected chi connectivity index (χ0v) is 14.4. The lowest BCUT2D eigenvalue weighted by Crippen LogP contribution is -2.53. The molecule has 130 valence electrons. The number of benzene rings is 2. The Morgan fingerprint density at radius 1 is 0.840 bits per heavy atom. The van der Waals surface area contributed by atoms with Crippen LogP contribution in [0.3, 0.4) is 0 Å². The molecule has 1 aliphatic heterocycles. The van der Waals surface area contributed by atoms with E-state index < -0.39 is 11.8 Å². The summed E-state index contributed by atoms with van der Waals surface area (Å²) in [6.45, 7) is 2.58. The van der Waals surface area contributed by atoms with Crippen molar-refractivity contribution in [2.24, 2.45) is 0 Å². The van der Waals surface area contributed by atoms with Crippen LogP contribution in [0.25, 0.3) is 0 Å². The Balaban J connectivity index is 1.78. The maximum absolute atomic E-state index is 12.0. The average molecular weight is 337 g/mol. The van der Waals surface area contributed by atoms with Crippen LogP contribution in [0.2, 0.25) is 0 Å². The Kier molecular flexibility index (Phi) is 5.46. The molecule has 0 bridgehead atoms. The van der Waals surface area contributed by atoms with Crippen molar-refractivity contribution in [1.29, 1.82) is 0 Å². The van der Waals surface area contributed by atoms with Crippen LogP contribution >= 0.6 is 0 Å². The standard InChI is InChI=1S/C20H23N3O2/c1-21-19(24)20(25)23-14-12-22(13-15-23)18(16-8-4-2-5-9-16)17-10-6-3-7-11-17/h2-11,18H,12-15H2,1H3,(H,21,24). The van der Waals surface area contributed by atoms with Gasteiger partial charge >= 0.3 is 11.8 Å². The van der Waals surface area contributed by atoms with Crippen LogP contribution in [0.15, 0.2) is 60.7 Å². The molecule has 2 aromatic rings. The van der Waals surface area contributed by atoms with Gasteiger partial charge < -0.3 is 10.2 Å². The van der Waals surface area contributed by atoms with Gasteiger partial charge in [0.1, 0.15) is 0 Å². The van der Waals surface area contributed by atoms with Gasteiger partial charge in [0.25, 0.3) is 0 Å². The van der Waals surface area contributed by atoms with Crippen molar-refractivity contribution in [3.05, 3.63) is 71.8 Å². The van der Waals surface area contributed by atoms with Gasteiger partial charge in [-0.15, -0.1) is 0 Å². The molecule has 0 aliphatic carbocycles. The van der Waals surface area contributed by atoms with E-state index in [0.29, 0.717) is 13.1 Å². The zero-order chi connectivity index (χ0) is 17.6. The number of nitrogens with zero attached hydrogens (tertiary/aromatic N) is 2. The fraction of sp³-hybridized carbons (Fsp3) is 0.300. The average Bonchev–Trinajstić information content (AvgIpc) is 2.69. The van der Waals surface area contributed by atoms with Crippen molar-refractivity contribution < 1.29 is 9.59 Å². The van der Waals surface area contributed by atoms with Gasteiger partial charge in [-0.1, -0.05) is 60.7 Å². The number of hydrogen-bond acceptors (Lipinski definition) is 3. The van der Waals surface area contributed by atoms with Gasteiger partial charge in [0.05, 0.1) is 6.04 Å². The van der Waals surface area contributed by atoms with Gasteiger partial charge in [-0.3, -0.25) is 14.5 Å². The number of carbonyl (C=O) groups excluding carboxylic acids is 2. The molecule has 0 aromatic heterocycles. The second-order valence-electron chi connectivity index (χ2n) is 6.13. The molecule has 1 N–H and O–H groups in total. The lowest BCUT2D eigenvalue weighted by molar-refractivity contribution is -0.146. The van der Waals surface area contributed by atoms with Gasteiger partial charge in [0.15, 0.2) is 0 Å². The quantitative estimate of drug-likeness (QED) is 0.867. The van der Waals surface area contributed by atoms with Gasteiger partial charge in [-0.05, 0) is 11.1 Å². The number of rotatable bonds is 3. The van der Waals surface area contributed by atoms with Crippen molar-refractivity contribution in [3.8, 4) is 0 Å². The normalized spacial score (nSPS) is 15.2. The maximum Gasteiger partial charge on any atom is 0.311 e. The molecule has 0 saturated carbocycles. The molecule has 1 saturated heterocycles. The summed E-state index contributed by atoms with van der Waals surface area (Å²) in [5.41, 5.74) is 2.47. The molecule has 5 nitrogen and oxygen atoms in total. The summed E-state index contributed by atoms with van der Waals surface area (Å²) in [6.07, 6.45) is 0. The Labute approximate surface area is 148 Å². The molecule has 0 unspecified atom stereocenters. The van der Waals surface area contributed by atoms with Crippen LogP contribution in [0.5, 0.6) is 0 Å². The summed E-state index contributed by atoms with van der Waals surface area (Å²) in [5.74, 6) is -0.991. The van der Waals surface area contributed by atoms with Gasteiger partial charge in [0, 0.05) is 33.2 Å². The van der Waals surface area contributed by atoms with Crippen LogP contribution in [-0.4, -0.2) is 54.8 Å². The molecule has 0 radical (unpaired) electrons. The highest BCUT2D eigenvalue weighted by Gasteiger charge is 2.29. The molecular formula is C20H23N3O2. The second-order valence-corrected chi connectivity index (χ2v) is 6.13. The molecule has 2 amide bonds. The Bertz CT molecular complexity index is 671. The van der Waals surface area contributed by atoms with E-state index in [9.17, 15) is 9.59 Å². The molecule has 25 heavy (non-hydrogen) atoms. The molecular weight excluding hydrogens is 314 g/mol. The summed E-state index contributed by atoms with van der Waals surface area (Å²) in [4.78, 5) is 27.6. The summed E-state index contributed by atoms with van der Waals surface area (Å²) >= 11 is 0. The summed E-state index contributed by atoms with van der Waals surface area (Å²) < 4.78 is 0. The largest absolute Gasteiger partial charge is 0.351 e. The SMILES string of the molecule is CNC(=O)C(=O)N1CCN(C(c2ccccc2)c2ccccc2)CC1. The summed E-state index contributed by atoms with van der Waals surface area (Å²) in [6, 6.07) is 21.0. The molecule has 3 rings (SSSR count). The number of nitrogens with one attached hydrogen (secondary N) is 1. The predicted octanol–water partition coefficient (Wildman–Crippen LogP) is 1.67. The van der Waals surface area contributed by atoms with E-state index in [4.69, 9.17) is 0 Å². The Hall–Kier alpha value is -2.66. The number of hydrogen-bond donors (Lipinski definition) is 1. The number of piperazine rings is 1. The fourth-order valence-corrected chi connectivity index (χ4v) is 3.32. The highest BCUT2D eigenvalue weighted by molar-refractivity contribution is 6.34. The van der Waals surface area contributed by atoms with E-state index in [1.807, 2.05) is 12.1 Å². The van der Waals surface area contributed by atoms with Crippen molar-refractivity contribution >= 4 is 11.8 Å². The topological polar surface area (TPSA) is 52.7 Å². The van der Waals surface area contributed by atoms with Crippen molar-refractivity contribution in [2.75, 3.05) is 33.2 Å². The van der Waals surface area contributed by atoms with Crippen LogP contribution in [0.4, 0.5) is 0 Å². The van der Waals surface area contributed by atoms with Crippen LogP contribution in [0.1, 0.15) is 17.2 Å². The third kappa shape index (κ3) is 3.88. The van der Waals surface area contributed by atoms with Gasteiger partial charge in [-0.2, -0.15) is 0 Å². The molecule has 0 spiro atoms. The fourth-order valence-electron chi connectivity index (χ4n) is 3.32. The highest BCUT2D eigenvalue weighted by atomic mass is 16.2. The maximum atomic E-state index is 12.0. The number of carbonyl (C=O) groups is 2. The van der Waals surface area contributed by atoms with E-state index in [1.165, 1.54) is 18.2 Å². The van der Waals surface area contributed by atoms with Crippen LogP contribution < -0.4 is 5.32 Å². The predicted molar refractivity (Wildman–Crippen MR) is 96.9 cm³/mol. The minimum Gasteiger partial charge on any atom is -0.351 e. The number of amides is 2. The lowest BCUT2D eigenvalue weighted by Gasteiger charge is -2.39. The van der Waals surface area contributed by atoms with Crippen molar-refractivity contribution in [1.82, 2.24) is 15.1 Å². The minimum atomic E-state index is -0.545. The third-order valence-corrected chi connectivity index (χ3v) is 4.62. The lowest BCUT2D eigenvalue weighted by atomic mass is 9.96. The van der Waals surface area contributed by atoms with Crippen molar-refractivity contribution in [2.45, 2.75) is 6.04 Å². The molecule has 0 atom stereocenters.